The van der Waals surface area contributed by atoms with Gasteiger partial charge in [0.25, 0.3) is 0 Å². The van der Waals surface area contributed by atoms with Crippen molar-refractivity contribution in [1.29, 1.82) is 0 Å². The van der Waals surface area contributed by atoms with Crippen LogP contribution in [0.15, 0.2) is 22.7 Å². The second kappa shape index (κ2) is 4.83. The summed E-state index contributed by atoms with van der Waals surface area (Å²) in [4.78, 5) is 0. The van der Waals surface area contributed by atoms with Gasteiger partial charge < -0.3 is 5.43 Å². The average molecular weight is 258 g/mol. The normalized spacial score (nSPS) is 8.64. The molecule has 62 valence electrons. The van der Waals surface area contributed by atoms with E-state index in [1.165, 1.54) is 0 Å². The van der Waals surface area contributed by atoms with Gasteiger partial charge in [0.15, 0.2) is 0 Å². The van der Waals surface area contributed by atoms with Crippen molar-refractivity contribution in [3.8, 4) is 0 Å². The van der Waals surface area contributed by atoms with Gasteiger partial charge in [-0.2, -0.15) is 0 Å². The summed E-state index contributed by atoms with van der Waals surface area (Å²) in [6.07, 6.45) is 0. The van der Waals surface area contributed by atoms with Crippen LogP contribution in [0.2, 0.25) is 5.02 Å². The molecule has 0 aromatic heterocycles. The highest BCUT2D eigenvalue weighted by molar-refractivity contribution is 9.10. The summed E-state index contributed by atoms with van der Waals surface area (Å²) < 4.78 is 0.949. The van der Waals surface area contributed by atoms with Gasteiger partial charge in [-0.05, 0) is 18.2 Å². The van der Waals surface area contributed by atoms with Crippen LogP contribution in [0.1, 0.15) is 0 Å². The van der Waals surface area contributed by atoms with Crippen LogP contribution in [0.3, 0.4) is 0 Å². The minimum atomic E-state index is 0. The highest BCUT2D eigenvalue weighted by atomic mass is 79.9. The Kier molecular flexibility index (Phi) is 4.84. The van der Waals surface area contributed by atoms with Gasteiger partial charge in [-0.3, -0.25) is 5.84 Å². The van der Waals surface area contributed by atoms with E-state index in [9.17, 15) is 0 Å². The quantitative estimate of drug-likeness (QED) is 0.600. The second-order valence-corrected chi connectivity index (χ2v) is 3.09. The minimum absolute atomic E-state index is 0. The van der Waals surface area contributed by atoms with Gasteiger partial charge in [0, 0.05) is 4.47 Å². The molecule has 0 atom stereocenters. The Balaban J connectivity index is 0.000001000. The number of benzene rings is 1. The lowest BCUT2D eigenvalue weighted by Crippen LogP contribution is -2.06. The van der Waals surface area contributed by atoms with Crippen molar-refractivity contribution in [2.45, 2.75) is 0 Å². The molecule has 1 rings (SSSR count). The topological polar surface area (TPSA) is 38.0 Å². The zero-order valence-corrected chi connectivity index (χ0v) is 8.63. The molecule has 3 N–H and O–H groups in total. The van der Waals surface area contributed by atoms with E-state index in [0.717, 1.165) is 10.2 Å². The predicted molar refractivity (Wildman–Crippen MR) is 54.2 cm³/mol. The highest BCUT2D eigenvalue weighted by Gasteiger charge is 1.96. The third kappa shape index (κ3) is 2.87. The van der Waals surface area contributed by atoms with Gasteiger partial charge in [-0.15, -0.1) is 12.4 Å². The summed E-state index contributed by atoms with van der Waals surface area (Å²) in [5.74, 6) is 5.16. The first kappa shape index (κ1) is 11.0. The van der Waals surface area contributed by atoms with E-state index in [-0.39, 0.29) is 12.4 Å². The van der Waals surface area contributed by atoms with Crippen LogP contribution in [0.4, 0.5) is 5.69 Å². The van der Waals surface area contributed by atoms with Crippen LogP contribution in [-0.4, -0.2) is 0 Å². The van der Waals surface area contributed by atoms with Crippen LogP contribution in [-0.2, 0) is 0 Å². The number of rotatable bonds is 1. The maximum Gasteiger partial charge on any atom is 0.0683 e. The number of halogens is 3. The molecule has 0 heterocycles. The zero-order valence-electron chi connectivity index (χ0n) is 5.47. The first-order valence-electron chi connectivity index (χ1n) is 2.65. The number of anilines is 1. The fourth-order valence-corrected chi connectivity index (χ4v) is 1.14. The lowest BCUT2D eigenvalue weighted by molar-refractivity contribution is 1.35. The third-order valence-corrected chi connectivity index (χ3v) is 1.91. The van der Waals surface area contributed by atoms with Crippen LogP contribution >= 0.6 is 39.9 Å². The molecular formula is C6H7BrCl2N2. The number of hydrogen-bond acceptors (Lipinski definition) is 2. The Morgan fingerprint density at radius 1 is 1.45 bits per heavy atom. The van der Waals surface area contributed by atoms with E-state index in [0.29, 0.717) is 5.02 Å². The van der Waals surface area contributed by atoms with E-state index in [2.05, 4.69) is 21.4 Å². The lowest BCUT2D eigenvalue weighted by Gasteiger charge is -2.01. The SMILES string of the molecule is Cl.NNc1cc(Br)ccc1Cl. The molecule has 0 amide bonds. The standard InChI is InChI=1S/C6H6BrClN2.ClH/c7-4-1-2-5(8)6(3-4)10-9;/h1-3,10H,9H2;1H. The molecule has 0 bridgehead atoms. The molecule has 0 fully saturated rings. The number of nitrogens with one attached hydrogen (secondary N) is 1. The van der Waals surface area contributed by atoms with Crippen LogP contribution in [0.25, 0.3) is 0 Å². The molecule has 0 spiro atoms. The van der Waals surface area contributed by atoms with Crippen molar-refractivity contribution in [3.63, 3.8) is 0 Å². The van der Waals surface area contributed by atoms with Crippen LogP contribution in [0.5, 0.6) is 0 Å². The molecule has 5 heteroatoms. The van der Waals surface area contributed by atoms with Gasteiger partial charge in [-0.1, -0.05) is 27.5 Å². The smallest absolute Gasteiger partial charge is 0.0683 e. The molecular weight excluding hydrogens is 251 g/mol. The molecule has 0 aliphatic carbocycles. The zero-order chi connectivity index (χ0) is 7.56. The van der Waals surface area contributed by atoms with E-state index >= 15 is 0 Å². The average Bonchev–Trinajstić information content (AvgIpc) is 1.94. The van der Waals surface area contributed by atoms with Crippen LogP contribution in [0, 0.1) is 0 Å². The summed E-state index contributed by atoms with van der Waals surface area (Å²) >= 11 is 9.02. The van der Waals surface area contributed by atoms with Gasteiger partial charge in [0.1, 0.15) is 0 Å². The number of hydrazine groups is 1. The van der Waals surface area contributed by atoms with Gasteiger partial charge in [0.05, 0.1) is 10.7 Å². The Morgan fingerprint density at radius 2 is 2.09 bits per heavy atom. The lowest BCUT2D eigenvalue weighted by atomic mass is 10.3. The first-order chi connectivity index (χ1) is 4.74. The molecule has 0 saturated heterocycles. The summed E-state index contributed by atoms with van der Waals surface area (Å²) in [6.45, 7) is 0. The van der Waals surface area contributed by atoms with Crippen molar-refractivity contribution in [1.82, 2.24) is 0 Å². The summed E-state index contributed by atoms with van der Waals surface area (Å²) in [6, 6.07) is 5.42. The summed E-state index contributed by atoms with van der Waals surface area (Å²) in [5, 5.41) is 0.616. The van der Waals surface area contributed by atoms with Crippen LogP contribution < -0.4 is 11.3 Å². The third-order valence-electron chi connectivity index (χ3n) is 1.08. The van der Waals surface area contributed by atoms with E-state index in [4.69, 9.17) is 17.4 Å². The van der Waals surface area contributed by atoms with Crippen molar-refractivity contribution in [2.75, 3.05) is 5.43 Å². The predicted octanol–water partition coefficient (Wildman–Crippen LogP) is 2.81. The molecule has 11 heavy (non-hydrogen) atoms. The fraction of sp³-hybridized carbons (Fsp3) is 0. The van der Waals surface area contributed by atoms with E-state index < -0.39 is 0 Å². The van der Waals surface area contributed by atoms with Crippen molar-refractivity contribution >= 4 is 45.6 Å². The Labute approximate surface area is 84.6 Å². The Bertz CT molecular complexity index is 242. The van der Waals surface area contributed by atoms with Crippen molar-refractivity contribution < 1.29 is 0 Å². The van der Waals surface area contributed by atoms with E-state index in [1.54, 1.807) is 6.07 Å². The minimum Gasteiger partial charge on any atom is -0.323 e. The van der Waals surface area contributed by atoms with Crippen molar-refractivity contribution in [2.24, 2.45) is 5.84 Å². The maximum absolute atomic E-state index is 5.73. The molecule has 0 aliphatic rings. The van der Waals surface area contributed by atoms with E-state index in [1.807, 2.05) is 12.1 Å². The summed E-state index contributed by atoms with van der Waals surface area (Å²) in [7, 11) is 0. The first-order valence-corrected chi connectivity index (χ1v) is 3.83. The number of nitrogen functional groups attached to an aromatic ring is 1. The highest BCUT2D eigenvalue weighted by Crippen LogP contribution is 2.24. The van der Waals surface area contributed by atoms with Gasteiger partial charge in [-0.25, -0.2) is 0 Å². The van der Waals surface area contributed by atoms with Crippen molar-refractivity contribution in [3.05, 3.63) is 27.7 Å². The molecule has 1 aromatic carbocycles. The number of nitrogens with two attached hydrogens (primary N) is 1. The molecule has 0 unspecified atom stereocenters. The molecule has 1 aromatic rings. The monoisotopic (exact) mass is 256 g/mol. The maximum atomic E-state index is 5.73. The molecule has 0 aliphatic heterocycles. The molecule has 2 nitrogen and oxygen atoms in total. The Hall–Kier alpha value is 0.0400. The second-order valence-electron chi connectivity index (χ2n) is 1.77. The largest absolute Gasteiger partial charge is 0.323 e. The van der Waals surface area contributed by atoms with Gasteiger partial charge >= 0.3 is 0 Å². The molecule has 0 radical (unpaired) electrons. The molecule has 0 saturated carbocycles. The number of hydrogen-bond donors (Lipinski definition) is 2. The van der Waals surface area contributed by atoms with Gasteiger partial charge in [0.2, 0.25) is 0 Å². The Morgan fingerprint density at radius 3 is 2.55 bits per heavy atom. The summed E-state index contributed by atoms with van der Waals surface area (Å²) in [5.41, 5.74) is 3.19. The fourth-order valence-electron chi connectivity index (χ4n) is 0.608.